The maximum absolute atomic E-state index is 12.6. The van der Waals surface area contributed by atoms with Gasteiger partial charge >= 0.3 is 0 Å². The summed E-state index contributed by atoms with van der Waals surface area (Å²) in [5, 5.41) is 8.91. The molecule has 3 rings (SSSR count). The van der Waals surface area contributed by atoms with E-state index in [9.17, 15) is 4.79 Å². The van der Waals surface area contributed by atoms with Gasteiger partial charge in [0.1, 0.15) is 0 Å². The van der Waals surface area contributed by atoms with Gasteiger partial charge in [-0.15, -0.1) is 0 Å². The Bertz CT molecular complexity index is 535. The van der Waals surface area contributed by atoms with Gasteiger partial charge in [-0.2, -0.15) is 5.26 Å². The zero-order valence-electron chi connectivity index (χ0n) is 10.7. The highest BCUT2D eigenvalue weighted by Gasteiger charge is 2.38. The van der Waals surface area contributed by atoms with Crippen LogP contribution in [0.4, 0.5) is 0 Å². The third-order valence-corrected chi connectivity index (χ3v) is 3.98. The highest BCUT2D eigenvalue weighted by molar-refractivity contribution is 5.94. The molecule has 2 aliphatic rings. The molecule has 2 fully saturated rings. The molecule has 19 heavy (non-hydrogen) atoms. The number of benzene rings is 1. The Hall–Kier alpha value is -1.86. The van der Waals surface area contributed by atoms with Crippen molar-refractivity contribution in [2.75, 3.05) is 13.2 Å². The minimum absolute atomic E-state index is 0.0253. The highest BCUT2D eigenvalue weighted by atomic mass is 16.5. The van der Waals surface area contributed by atoms with Gasteiger partial charge in [0, 0.05) is 12.1 Å². The SMILES string of the molecule is N#Cc1cccc(C(=O)N2CCOC3CCCC32)c1. The van der Waals surface area contributed by atoms with Gasteiger partial charge in [-0.05, 0) is 37.5 Å². The monoisotopic (exact) mass is 256 g/mol. The largest absolute Gasteiger partial charge is 0.374 e. The summed E-state index contributed by atoms with van der Waals surface area (Å²) >= 11 is 0. The molecule has 0 aromatic heterocycles. The van der Waals surface area contributed by atoms with Gasteiger partial charge in [0.25, 0.3) is 5.91 Å². The predicted octanol–water partition coefficient (Wildman–Crippen LogP) is 1.95. The molecule has 0 radical (unpaired) electrons. The van der Waals surface area contributed by atoms with Crippen molar-refractivity contribution >= 4 is 5.91 Å². The number of morpholine rings is 1. The van der Waals surface area contributed by atoms with Gasteiger partial charge in [-0.1, -0.05) is 6.07 Å². The smallest absolute Gasteiger partial charge is 0.254 e. The van der Waals surface area contributed by atoms with E-state index in [-0.39, 0.29) is 18.1 Å². The first-order chi connectivity index (χ1) is 9.29. The second kappa shape index (κ2) is 5.02. The zero-order valence-corrected chi connectivity index (χ0v) is 10.7. The first-order valence-electron chi connectivity index (χ1n) is 6.72. The maximum Gasteiger partial charge on any atom is 0.254 e. The van der Waals surface area contributed by atoms with Gasteiger partial charge in [-0.25, -0.2) is 0 Å². The number of fused-ring (bicyclic) bond motifs is 1. The number of hydrogen-bond donors (Lipinski definition) is 0. The van der Waals surface area contributed by atoms with Crippen molar-refractivity contribution in [3.63, 3.8) is 0 Å². The maximum atomic E-state index is 12.6. The number of carbonyl (C=O) groups excluding carboxylic acids is 1. The van der Waals surface area contributed by atoms with Crippen LogP contribution in [0.25, 0.3) is 0 Å². The molecular formula is C15H16N2O2. The molecule has 1 saturated heterocycles. The molecule has 1 aliphatic heterocycles. The molecule has 4 heteroatoms. The standard InChI is InChI=1S/C15H16N2O2/c16-10-11-3-1-4-12(9-11)15(18)17-7-8-19-14-6-2-5-13(14)17/h1,3-4,9,13-14H,2,5-8H2. The summed E-state index contributed by atoms with van der Waals surface area (Å²) in [5.74, 6) is 0.0253. The summed E-state index contributed by atoms with van der Waals surface area (Å²) in [6, 6.07) is 9.22. The van der Waals surface area contributed by atoms with E-state index in [0.29, 0.717) is 24.3 Å². The van der Waals surface area contributed by atoms with Crippen LogP contribution in [0.3, 0.4) is 0 Å². The second-order valence-corrected chi connectivity index (χ2v) is 5.10. The average Bonchev–Trinajstić information content (AvgIpc) is 2.95. The fourth-order valence-electron chi connectivity index (χ4n) is 3.07. The summed E-state index contributed by atoms with van der Waals surface area (Å²) in [5.41, 5.74) is 1.13. The van der Waals surface area contributed by atoms with Crippen molar-refractivity contribution < 1.29 is 9.53 Å². The fraction of sp³-hybridized carbons (Fsp3) is 0.467. The molecule has 1 heterocycles. The first kappa shape index (κ1) is 12.2. The van der Waals surface area contributed by atoms with E-state index in [1.807, 2.05) is 4.90 Å². The number of nitriles is 1. The van der Waals surface area contributed by atoms with Gasteiger partial charge < -0.3 is 9.64 Å². The molecule has 0 N–H and O–H groups in total. The first-order valence-corrected chi connectivity index (χ1v) is 6.72. The predicted molar refractivity (Wildman–Crippen MR) is 69.6 cm³/mol. The number of rotatable bonds is 1. The van der Waals surface area contributed by atoms with Crippen molar-refractivity contribution in [3.8, 4) is 6.07 Å². The molecule has 1 aromatic carbocycles. The quantitative estimate of drug-likeness (QED) is 0.771. The van der Waals surface area contributed by atoms with Crippen LogP contribution in [-0.2, 0) is 4.74 Å². The third kappa shape index (κ3) is 2.22. The number of ether oxygens (including phenoxy) is 1. The van der Waals surface area contributed by atoms with Crippen molar-refractivity contribution in [1.82, 2.24) is 4.90 Å². The van der Waals surface area contributed by atoms with Gasteiger partial charge in [0.05, 0.1) is 30.4 Å². The van der Waals surface area contributed by atoms with Crippen LogP contribution in [0.5, 0.6) is 0 Å². The Labute approximate surface area is 112 Å². The van der Waals surface area contributed by atoms with Crippen LogP contribution in [0.1, 0.15) is 35.2 Å². The van der Waals surface area contributed by atoms with Crippen LogP contribution in [0, 0.1) is 11.3 Å². The van der Waals surface area contributed by atoms with E-state index >= 15 is 0 Å². The van der Waals surface area contributed by atoms with Crippen molar-refractivity contribution in [2.45, 2.75) is 31.4 Å². The summed E-state index contributed by atoms with van der Waals surface area (Å²) in [4.78, 5) is 14.5. The Balaban J connectivity index is 1.84. The Morgan fingerprint density at radius 3 is 3.16 bits per heavy atom. The van der Waals surface area contributed by atoms with Gasteiger partial charge in [-0.3, -0.25) is 4.79 Å². The van der Waals surface area contributed by atoms with Crippen molar-refractivity contribution in [1.29, 1.82) is 5.26 Å². The Kier molecular flexibility index (Phi) is 3.22. The normalized spacial score (nSPS) is 25.7. The van der Waals surface area contributed by atoms with Crippen LogP contribution < -0.4 is 0 Å². The molecular weight excluding hydrogens is 240 g/mol. The third-order valence-electron chi connectivity index (χ3n) is 3.98. The minimum Gasteiger partial charge on any atom is -0.374 e. The lowest BCUT2D eigenvalue weighted by Gasteiger charge is -2.37. The molecule has 1 amide bonds. The van der Waals surface area contributed by atoms with E-state index < -0.39 is 0 Å². The molecule has 98 valence electrons. The molecule has 1 saturated carbocycles. The zero-order chi connectivity index (χ0) is 13.2. The summed E-state index contributed by atoms with van der Waals surface area (Å²) in [6.45, 7) is 1.27. The van der Waals surface area contributed by atoms with Crippen LogP contribution in [-0.4, -0.2) is 36.1 Å². The Morgan fingerprint density at radius 1 is 1.42 bits per heavy atom. The van der Waals surface area contributed by atoms with E-state index in [1.54, 1.807) is 24.3 Å². The van der Waals surface area contributed by atoms with Crippen LogP contribution in [0.2, 0.25) is 0 Å². The summed E-state index contributed by atoms with van der Waals surface area (Å²) < 4.78 is 5.72. The minimum atomic E-state index is 0.0253. The molecule has 1 aromatic rings. The van der Waals surface area contributed by atoms with E-state index in [1.165, 1.54) is 0 Å². The second-order valence-electron chi connectivity index (χ2n) is 5.10. The van der Waals surface area contributed by atoms with Crippen molar-refractivity contribution in [3.05, 3.63) is 35.4 Å². The Morgan fingerprint density at radius 2 is 2.32 bits per heavy atom. The lowest BCUT2D eigenvalue weighted by molar-refractivity contribution is -0.0445. The van der Waals surface area contributed by atoms with Gasteiger partial charge in [0.15, 0.2) is 0 Å². The molecule has 1 aliphatic carbocycles. The van der Waals surface area contributed by atoms with Gasteiger partial charge in [0.2, 0.25) is 0 Å². The topological polar surface area (TPSA) is 53.3 Å². The van der Waals surface area contributed by atoms with E-state index in [2.05, 4.69) is 6.07 Å². The number of nitrogens with zero attached hydrogens (tertiary/aromatic N) is 2. The molecule has 0 spiro atoms. The summed E-state index contributed by atoms with van der Waals surface area (Å²) in [6.07, 6.45) is 3.40. The average molecular weight is 256 g/mol. The van der Waals surface area contributed by atoms with E-state index in [4.69, 9.17) is 10.00 Å². The van der Waals surface area contributed by atoms with Crippen LogP contribution in [0.15, 0.2) is 24.3 Å². The lowest BCUT2D eigenvalue weighted by Crippen LogP contribution is -2.51. The molecule has 2 atom stereocenters. The number of carbonyl (C=O) groups is 1. The number of hydrogen-bond acceptors (Lipinski definition) is 3. The fourth-order valence-corrected chi connectivity index (χ4v) is 3.07. The molecule has 4 nitrogen and oxygen atoms in total. The highest BCUT2D eigenvalue weighted by Crippen LogP contribution is 2.30. The molecule has 2 unspecified atom stereocenters. The number of amides is 1. The van der Waals surface area contributed by atoms with Crippen molar-refractivity contribution in [2.24, 2.45) is 0 Å². The van der Waals surface area contributed by atoms with E-state index in [0.717, 1.165) is 19.3 Å². The van der Waals surface area contributed by atoms with Crippen LogP contribution >= 0.6 is 0 Å². The lowest BCUT2D eigenvalue weighted by atomic mass is 10.1. The molecule has 0 bridgehead atoms. The summed E-state index contributed by atoms with van der Waals surface area (Å²) in [7, 11) is 0.